The standard InChI is InChI=1S/C15H22F3NO2/c1-3-9-19-12(4-2)11-7-5-6-8-13(11)21-10-14(20)15(16,17)18/h5-8,12,14,19-20H,3-4,9-10H2,1-2H3. The van der Waals surface area contributed by atoms with Gasteiger partial charge in [0.15, 0.2) is 6.10 Å². The molecule has 1 aromatic rings. The summed E-state index contributed by atoms with van der Waals surface area (Å²) in [6, 6.07) is 6.98. The van der Waals surface area contributed by atoms with Crippen molar-refractivity contribution in [2.45, 2.75) is 45.0 Å². The van der Waals surface area contributed by atoms with Crippen LogP contribution in [-0.4, -0.2) is 30.5 Å². The molecule has 0 heterocycles. The molecule has 0 saturated heterocycles. The molecule has 0 aliphatic rings. The van der Waals surface area contributed by atoms with E-state index in [0.29, 0.717) is 5.75 Å². The number of hydrogen-bond acceptors (Lipinski definition) is 3. The summed E-state index contributed by atoms with van der Waals surface area (Å²) in [5.41, 5.74) is 0.808. The van der Waals surface area contributed by atoms with Crippen molar-refractivity contribution in [1.82, 2.24) is 5.32 Å². The molecule has 0 spiro atoms. The molecule has 0 radical (unpaired) electrons. The number of nitrogens with one attached hydrogen (secondary N) is 1. The summed E-state index contributed by atoms with van der Waals surface area (Å²) in [5, 5.41) is 12.3. The third-order valence-corrected chi connectivity index (χ3v) is 3.12. The highest BCUT2D eigenvalue weighted by atomic mass is 19.4. The van der Waals surface area contributed by atoms with Gasteiger partial charge >= 0.3 is 6.18 Å². The Morgan fingerprint density at radius 1 is 1.24 bits per heavy atom. The fourth-order valence-corrected chi connectivity index (χ4v) is 1.96. The van der Waals surface area contributed by atoms with Gasteiger partial charge in [-0.2, -0.15) is 13.2 Å². The summed E-state index contributed by atoms with van der Waals surface area (Å²) in [6.45, 7) is 4.05. The number of alkyl halides is 3. The Morgan fingerprint density at radius 2 is 1.90 bits per heavy atom. The third kappa shape index (κ3) is 5.55. The Kier molecular flexibility index (Phi) is 6.98. The van der Waals surface area contributed by atoms with E-state index in [4.69, 9.17) is 9.84 Å². The van der Waals surface area contributed by atoms with Crippen LogP contribution >= 0.6 is 0 Å². The molecule has 6 heteroatoms. The Balaban J connectivity index is 2.78. The van der Waals surface area contributed by atoms with Crippen molar-refractivity contribution in [1.29, 1.82) is 0 Å². The lowest BCUT2D eigenvalue weighted by Crippen LogP contribution is -2.34. The van der Waals surface area contributed by atoms with Gasteiger partial charge in [-0.05, 0) is 25.5 Å². The number of para-hydroxylation sites is 1. The predicted octanol–water partition coefficient (Wildman–Crippen LogP) is 3.44. The second-order valence-corrected chi connectivity index (χ2v) is 4.82. The first kappa shape index (κ1) is 17.8. The van der Waals surface area contributed by atoms with Gasteiger partial charge in [0.25, 0.3) is 0 Å². The largest absolute Gasteiger partial charge is 0.490 e. The van der Waals surface area contributed by atoms with Crippen LogP contribution in [0.5, 0.6) is 5.75 Å². The highest BCUT2D eigenvalue weighted by molar-refractivity contribution is 5.36. The number of halogens is 3. The molecular weight excluding hydrogens is 283 g/mol. The SMILES string of the molecule is CCCNC(CC)c1ccccc1OCC(O)C(F)(F)F. The highest BCUT2D eigenvalue weighted by Crippen LogP contribution is 2.28. The van der Waals surface area contributed by atoms with Crippen LogP contribution in [0.4, 0.5) is 13.2 Å². The molecule has 1 aromatic carbocycles. The Labute approximate surface area is 123 Å². The molecule has 120 valence electrons. The Morgan fingerprint density at radius 3 is 2.48 bits per heavy atom. The van der Waals surface area contributed by atoms with E-state index in [9.17, 15) is 13.2 Å². The number of benzene rings is 1. The van der Waals surface area contributed by atoms with Gasteiger partial charge in [-0.1, -0.05) is 32.0 Å². The normalized spacial score (nSPS) is 14.8. The van der Waals surface area contributed by atoms with Gasteiger partial charge in [0.05, 0.1) is 0 Å². The summed E-state index contributed by atoms with van der Waals surface area (Å²) >= 11 is 0. The lowest BCUT2D eigenvalue weighted by Gasteiger charge is -2.22. The molecule has 0 fully saturated rings. The topological polar surface area (TPSA) is 41.5 Å². The van der Waals surface area contributed by atoms with E-state index in [1.165, 1.54) is 0 Å². The summed E-state index contributed by atoms with van der Waals surface area (Å²) in [5.74, 6) is 0.372. The molecule has 2 N–H and O–H groups in total. The number of ether oxygens (including phenoxy) is 1. The van der Waals surface area contributed by atoms with Crippen molar-refractivity contribution < 1.29 is 23.0 Å². The molecule has 2 unspecified atom stereocenters. The fraction of sp³-hybridized carbons (Fsp3) is 0.600. The lowest BCUT2D eigenvalue weighted by molar-refractivity contribution is -0.210. The number of hydrogen-bond donors (Lipinski definition) is 2. The minimum atomic E-state index is -4.67. The molecular formula is C15H22F3NO2. The lowest BCUT2D eigenvalue weighted by atomic mass is 10.0. The first-order valence-electron chi connectivity index (χ1n) is 7.10. The van der Waals surface area contributed by atoms with Gasteiger partial charge in [-0.25, -0.2) is 0 Å². The first-order chi connectivity index (χ1) is 9.90. The average molecular weight is 305 g/mol. The molecule has 2 atom stereocenters. The van der Waals surface area contributed by atoms with Crippen molar-refractivity contribution in [3.63, 3.8) is 0 Å². The summed E-state index contributed by atoms with van der Waals surface area (Å²) in [4.78, 5) is 0. The van der Waals surface area contributed by atoms with Gasteiger partial charge < -0.3 is 15.2 Å². The summed E-state index contributed by atoms with van der Waals surface area (Å²) < 4.78 is 42.1. The van der Waals surface area contributed by atoms with Crippen molar-refractivity contribution in [2.24, 2.45) is 0 Å². The molecule has 0 aliphatic carbocycles. The van der Waals surface area contributed by atoms with E-state index < -0.39 is 18.9 Å². The quantitative estimate of drug-likeness (QED) is 0.773. The van der Waals surface area contributed by atoms with Crippen LogP contribution < -0.4 is 10.1 Å². The maximum absolute atomic E-state index is 12.3. The Hall–Kier alpha value is -1.27. The maximum Gasteiger partial charge on any atom is 0.417 e. The molecule has 0 bridgehead atoms. The first-order valence-corrected chi connectivity index (χ1v) is 7.10. The third-order valence-electron chi connectivity index (χ3n) is 3.12. The smallest absolute Gasteiger partial charge is 0.417 e. The molecule has 1 rings (SSSR count). The van der Waals surface area contributed by atoms with Crippen LogP contribution in [0.1, 0.15) is 38.3 Å². The van der Waals surface area contributed by atoms with Gasteiger partial charge in [-0.3, -0.25) is 0 Å². The zero-order valence-corrected chi connectivity index (χ0v) is 12.3. The predicted molar refractivity (Wildman–Crippen MR) is 75.3 cm³/mol. The van der Waals surface area contributed by atoms with E-state index in [2.05, 4.69) is 5.32 Å². The van der Waals surface area contributed by atoms with Gasteiger partial charge in [0, 0.05) is 11.6 Å². The monoisotopic (exact) mass is 305 g/mol. The van der Waals surface area contributed by atoms with Crippen molar-refractivity contribution in [3.8, 4) is 5.75 Å². The van der Waals surface area contributed by atoms with E-state index in [1.54, 1.807) is 12.1 Å². The van der Waals surface area contributed by atoms with Gasteiger partial charge in [-0.15, -0.1) is 0 Å². The van der Waals surface area contributed by atoms with Gasteiger partial charge in [0.1, 0.15) is 12.4 Å². The Bertz CT molecular complexity index is 424. The average Bonchev–Trinajstić information content (AvgIpc) is 2.45. The maximum atomic E-state index is 12.3. The van der Waals surface area contributed by atoms with Crippen LogP contribution in [0, 0.1) is 0 Å². The van der Waals surface area contributed by atoms with E-state index in [0.717, 1.165) is 24.9 Å². The second kappa shape index (κ2) is 8.24. The molecule has 0 aromatic heterocycles. The minimum absolute atomic E-state index is 0.0178. The zero-order chi connectivity index (χ0) is 15.9. The van der Waals surface area contributed by atoms with E-state index in [1.807, 2.05) is 26.0 Å². The van der Waals surface area contributed by atoms with E-state index in [-0.39, 0.29) is 6.04 Å². The van der Waals surface area contributed by atoms with Crippen molar-refractivity contribution in [3.05, 3.63) is 29.8 Å². The molecule has 21 heavy (non-hydrogen) atoms. The van der Waals surface area contributed by atoms with Crippen LogP contribution in [-0.2, 0) is 0 Å². The summed E-state index contributed by atoms with van der Waals surface area (Å²) in [7, 11) is 0. The highest BCUT2D eigenvalue weighted by Gasteiger charge is 2.38. The van der Waals surface area contributed by atoms with E-state index >= 15 is 0 Å². The van der Waals surface area contributed by atoms with Crippen molar-refractivity contribution in [2.75, 3.05) is 13.2 Å². The fourth-order valence-electron chi connectivity index (χ4n) is 1.96. The van der Waals surface area contributed by atoms with Crippen LogP contribution in [0.3, 0.4) is 0 Å². The van der Waals surface area contributed by atoms with Crippen LogP contribution in [0.15, 0.2) is 24.3 Å². The molecule has 0 aliphatic heterocycles. The number of aliphatic hydroxyl groups excluding tert-OH is 1. The molecule has 0 saturated carbocycles. The molecule has 0 amide bonds. The van der Waals surface area contributed by atoms with Crippen molar-refractivity contribution >= 4 is 0 Å². The van der Waals surface area contributed by atoms with Crippen LogP contribution in [0.2, 0.25) is 0 Å². The number of rotatable bonds is 8. The second-order valence-electron chi connectivity index (χ2n) is 4.82. The van der Waals surface area contributed by atoms with Gasteiger partial charge in [0.2, 0.25) is 0 Å². The number of aliphatic hydroxyl groups is 1. The summed E-state index contributed by atoms with van der Waals surface area (Å²) in [6.07, 6.45) is -5.39. The van der Waals surface area contributed by atoms with Crippen LogP contribution in [0.25, 0.3) is 0 Å². The zero-order valence-electron chi connectivity index (χ0n) is 12.3. The minimum Gasteiger partial charge on any atom is -0.490 e. The molecule has 3 nitrogen and oxygen atoms in total.